The molecule has 0 unspecified atom stereocenters. The molecule has 0 spiro atoms. The molecular weight excluding hydrogens is 464 g/mol. The summed E-state index contributed by atoms with van der Waals surface area (Å²) in [6.07, 6.45) is 0. The van der Waals surface area contributed by atoms with Gasteiger partial charge in [0.25, 0.3) is 5.91 Å². The third-order valence-corrected chi connectivity index (χ3v) is 5.36. The van der Waals surface area contributed by atoms with Crippen molar-refractivity contribution in [3.05, 3.63) is 77.0 Å². The van der Waals surface area contributed by atoms with Gasteiger partial charge in [-0.25, -0.2) is 4.79 Å². The lowest BCUT2D eigenvalue weighted by molar-refractivity contribution is -0.114. The highest BCUT2D eigenvalue weighted by atomic mass is 16.5. The van der Waals surface area contributed by atoms with E-state index in [1.807, 2.05) is 6.07 Å². The number of rotatable bonds is 6. The molecule has 1 heterocycles. The van der Waals surface area contributed by atoms with Gasteiger partial charge in [-0.1, -0.05) is 23.4 Å². The molecule has 0 saturated heterocycles. The van der Waals surface area contributed by atoms with Gasteiger partial charge in [0.15, 0.2) is 17.1 Å². The van der Waals surface area contributed by atoms with E-state index >= 15 is 0 Å². The molecule has 36 heavy (non-hydrogen) atoms. The number of Topliss-reactive ketones (excluding diaryl/α,β-unsaturated/α-hetero) is 1. The monoisotopic (exact) mass is 482 g/mol. The van der Waals surface area contributed by atoms with Crippen LogP contribution in [0.15, 0.2) is 59.1 Å². The number of para-hydroxylation sites is 1. The molecule has 0 aliphatic heterocycles. The molecule has 0 atom stereocenters. The summed E-state index contributed by atoms with van der Waals surface area (Å²) >= 11 is 0. The topological polar surface area (TPSA) is 162 Å². The molecule has 0 saturated carbocycles. The van der Waals surface area contributed by atoms with Crippen LogP contribution >= 0.6 is 0 Å². The van der Waals surface area contributed by atoms with E-state index in [-0.39, 0.29) is 50.7 Å². The first kappa shape index (κ1) is 23.8. The second-order valence-electron chi connectivity index (χ2n) is 7.84. The second kappa shape index (κ2) is 9.52. The summed E-state index contributed by atoms with van der Waals surface area (Å²) in [5.41, 5.74) is 1.68. The molecule has 0 fully saturated rings. The molecule has 4 aromatic rings. The fraction of sp³-hybridized carbons (Fsp3) is 0.0769. The number of nitrogens with zero attached hydrogens (tertiary/aromatic N) is 2. The van der Waals surface area contributed by atoms with E-state index in [1.54, 1.807) is 30.3 Å². The number of carboxylic acids is 1. The van der Waals surface area contributed by atoms with Crippen molar-refractivity contribution in [3.63, 3.8) is 0 Å². The van der Waals surface area contributed by atoms with Crippen LogP contribution in [-0.4, -0.2) is 33.8 Å². The van der Waals surface area contributed by atoms with Crippen molar-refractivity contribution in [2.24, 2.45) is 0 Å². The smallest absolute Gasteiger partial charge is 0.337 e. The Morgan fingerprint density at radius 2 is 1.67 bits per heavy atom. The van der Waals surface area contributed by atoms with Gasteiger partial charge in [0.2, 0.25) is 5.91 Å². The van der Waals surface area contributed by atoms with Gasteiger partial charge in [-0.05, 0) is 48.9 Å². The molecule has 3 aromatic carbocycles. The molecule has 4 rings (SSSR count). The number of hydrogen-bond donors (Lipinski definition) is 3. The zero-order chi connectivity index (χ0) is 26.0. The molecule has 0 radical (unpaired) electrons. The summed E-state index contributed by atoms with van der Waals surface area (Å²) < 4.78 is 5.37. The lowest BCUT2D eigenvalue weighted by Crippen LogP contribution is -2.15. The highest BCUT2D eigenvalue weighted by molar-refractivity contribution is 6.15. The molecular formula is C26H18N4O6. The number of anilines is 2. The summed E-state index contributed by atoms with van der Waals surface area (Å²) in [5.74, 6) is -2.66. The van der Waals surface area contributed by atoms with Crippen LogP contribution < -0.4 is 10.6 Å². The van der Waals surface area contributed by atoms with Crippen LogP contribution in [0.2, 0.25) is 0 Å². The summed E-state index contributed by atoms with van der Waals surface area (Å²) in [7, 11) is 0. The average Bonchev–Trinajstić information content (AvgIpc) is 3.26. The average molecular weight is 482 g/mol. The van der Waals surface area contributed by atoms with Gasteiger partial charge in [0, 0.05) is 23.7 Å². The Morgan fingerprint density at radius 3 is 2.33 bits per heavy atom. The predicted molar refractivity (Wildman–Crippen MR) is 130 cm³/mol. The van der Waals surface area contributed by atoms with Crippen molar-refractivity contribution in [1.29, 1.82) is 5.26 Å². The number of nitrogens with one attached hydrogen (secondary N) is 2. The molecule has 10 heteroatoms. The van der Waals surface area contributed by atoms with E-state index in [4.69, 9.17) is 9.78 Å². The maximum absolute atomic E-state index is 13.0. The first-order chi connectivity index (χ1) is 17.2. The minimum absolute atomic E-state index is 0.0321. The van der Waals surface area contributed by atoms with E-state index < -0.39 is 11.9 Å². The van der Waals surface area contributed by atoms with Gasteiger partial charge < -0.3 is 20.3 Å². The van der Waals surface area contributed by atoms with E-state index in [9.17, 15) is 24.3 Å². The van der Waals surface area contributed by atoms with Crippen molar-refractivity contribution in [3.8, 4) is 17.2 Å². The molecule has 0 aliphatic carbocycles. The number of hydrogen-bond acceptors (Lipinski definition) is 7. The number of aromatic carboxylic acids is 1. The number of carbonyl (C=O) groups excluding carboxylic acids is 3. The van der Waals surface area contributed by atoms with Crippen molar-refractivity contribution in [1.82, 2.24) is 5.16 Å². The minimum Gasteiger partial charge on any atom is -0.478 e. The number of amides is 2. The van der Waals surface area contributed by atoms with E-state index in [2.05, 4.69) is 15.8 Å². The third-order valence-electron chi connectivity index (χ3n) is 5.36. The van der Waals surface area contributed by atoms with Gasteiger partial charge in [-0.2, -0.15) is 5.26 Å². The fourth-order valence-corrected chi connectivity index (χ4v) is 3.76. The quantitative estimate of drug-likeness (QED) is 0.339. The summed E-state index contributed by atoms with van der Waals surface area (Å²) in [6.45, 7) is 2.74. The number of carbonyl (C=O) groups is 4. The van der Waals surface area contributed by atoms with Gasteiger partial charge in [0.1, 0.15) is 0 Å². The highest BCUT2D eigenvalue weighted by Gasteiger charge is 2.23. The fourth-order valence-electron chi connectivity index (χ4n) is 3.76. The third kappa shape index (κ3) is 4.53. The SMILES string of the molecule is CC(=O)Nc1ccccc1-c1cc2onc(C(=O)Nc3ccc(C#N)cc3C(=O)O)c2cc1C(C)=O. The zero-order valence-corrected chi connectivity index (χ0v) is 19.1. The Balaban J connectivity index is 1.79. The summed E-state index contributed by atoms with van der Waals surface area (Å²) in [6, 6.07) is 15.6. The van der Waals surface area contributed by atoms with Crippen molar-refractivity contribution < 1.29 is 28.8 Å². The van der Waals surface area contributed by atoms with Crippen LogP contribution in [0.25, 0.3) is 22.1 Å². The minimum atomic E-state index is -1.33. The van der Waals surface area contributed by atoms with Crippen LogP contribution in [-0.2, 0) is 4.79 Å². The lowest BCUT2D eigenvalue weighted by Gasteiger charge is -2.13. The zero-order valence-electron chi connectivity index (χ0n) is 19.1. The van der Waals surface area contributed by atoms with E-state index in [1.165, 1.54) is 32.0 Å². The Kier molecular flexibility index (Phi) is 6.30. The Morgan fingerprint density at radius 1 is 0.917 bits per heavy atom. The van der Waals surface area contributed by atoms with Crippen molar-refractivity contribution in [2.45, 2.75) is 13.8 Å². The molecule has 10 nitrogen and oxygen atoms in total. The number of ketones is 1. The van der Waals surface area contributed by atoms with E-state index in [0.717, 1.165) is 6.07 Å². The normalized spacial score (nSPS) is 10.5. The van der Waals surface area contributed by atoms with Crippen molar-refractivity contribution in [2.75, 3.05) is 10.6 Å². The molecule has 3 N–H and O–H groups in total. The van der Waals surface area contributed by atoms with Crippen LogP contribution in [0.3, 0.4) is 0 Å². The van der Waals surface area contributed by atoms with Crippen molar-refractivity contribution >= 4 is 45.9 Å². The molecule has 2 amide bonds. The van der Waals surface area contributed by atoms with Gasteiger partial charge >= 0.3 is 5.97 Å². The Hall–Kier alpha value is -5.30. The molecule has 0 aliphatic rings. The molecule has 178 valence electrons. The predicted octanol–water partition coefficient (Wildman–Crippen LogP) is 4.48. The van der Waals surface area contributed by atoms with Gasteiger partial charge in [-0.15, -0.1) is 0 Å². The number of fused-ring (bicyclic) bond motifs is 1. The first-order valence-electron chi connectivity index (χ1n) is 10.6. The number of nitriles is 1. The Bertz CT molecular complexity index is 1610. The second-order valence-corrected chi connectivity index (χ2v) is 7.84. The summed E-state index contributed by atoms with van der Waals surface area (Å²) in [4.78, 5) is 48.8. The maximum atomic E-state index is 13.0. The number of carboxylic acid groups (broad SMARTS) is 1. The van der Waals surface area contributed by atoms with Crippen LogP contribution in [0, 0.1) is 11.3 Å². The van der Waals surface area contributed by atoms with Gasteiger partial charge in [-0.3, -0.25) is 14.4 Å². The number of aromatic nitrogens is 1. The summed E-state index contributed by atoms with van der Waals surface area (Å²) in [5, 5.41) is 27.8. The highest BCUT2D eigenvalue weighted by Crippen LogP contribution is 2.35. The molecule has 1 aromatic heterocycles. The first-order valence-corrected chi connectivity index (χ1v) is 10.6. The number of benzene rings is 3. The van der Waals surface area contributed by atoms with Crippen LogP contribution in [0.5, 0.6) is 0 Å². The molecule has 0 bridgehead atoms. The Labute approximate surface area is 204 Å². The largest absolute Gasteiger partial charge is 0.478 e. The standard InChI is InChI=1S/C26H18N4O6/c1-13(31)17-10-20-23(11-18(17)16-5-3-4-6-21(16)28-14(2)32)36-30-24(20)25(33)29-22-8-7-15(12-27)9-19(22)26(34)35/h3-11H,1-2H3,(H,28,32)(H,29,33)(H,34,35). The maximum Gasteiger partial charge on any atom is 0.337 e. The van der Waals surface area contributed by atoms with Gasteiger partial charge in [0.05, 0.1) is 28.3 Å². The van der Waals surface area contributed by atoms with Crippen LogP contribution in [0.1, 0.15) is 50.6 Å². The van der Waals surface area contributed by atoms with E-state index in [0.29, 0.717) is 16.8 Å². The lowest BCUT2D eigenvalue weighted by atomic mass is 9.94. The van der Waals surface area contributed by atoms with Crippen LogP contribution in [0.4, 0.5) is 11.4 Å².